The molecule has 0 aliphatic carbocycles. The number of nitrogens with one attached hydrogen (secondary N) is 1. The Labute approximate surface area is 165 Å². The third-order valence-corrected chi connectivity index (χ3v) is 5.99. The molecule has 2 heterocycles. The van der Waals surface area contributed by atoms with Crippen LogP contribution in [0.3, 0.4) is 0 Å². The van der Waals surface area contributed by atoms with E-state index in [1.165, 1.54) is 20.9 Å². The highest BCUT2D eigenvalue weighted by molar-refractivity contribution is 7.99. The van der Waals surface area contributed by atoms with Crippen molar-refractivity contribution in [2.45, 2.75) is 16.7 Å². The van der Waals surface area contributed by atoms with Crippen LogP contribution in [0.5, 0.6) is 11.5 Å². The van der Waals surface area contributed by atoms with Gasteiger partial charge in [-0.2, -0.15) is 0 Å². The molecule has 142 valence electrons. The number of aryl methyl sites for hydroxylation is 1. The second kappa shape index (κ2) is 8.83. The average Bonchev–Trinajstić information content (AvgIpc) is 2.71. The van der Waals surface area contributed by atoms with E-state index in [1.54, 1.807) is 11.8 Å². The molecule has 2 aromatic carbocycles. The molecule has 0 aromatic heterocycles. The van der Waals surface area contributed by atoms with Gasteiger partial charge in [-0.25, -0.2) is 0 Å². The minimum atomic E-state index is 0.620. The van der Waals surface area contributed by atoms with E-state index in [1.807, 2.05) is 6.07 Å². The fourth-order valence-electron chi connectivity index (χ4n) is 3.34. The van der Waals surface area contributed by atoms with Crippen LogP contribution in [0, 0.1) is 6.92 Å². The molecular weight excluding hydrogens is 356 g/mol. The summed E-state index contributed by atoms with van der Waals surface area (Å²) in [5, 5.41) is 3.39. The zero-order valence-corrected chi connectivity index (χ0v) is 16.6. The van der Waals surface area contributed by atoms with Crippen molar-refractivity contribution in [1.29, 1.82) is 0 Å². The van der Waals surface area contributed by atoms with Gasteiger partial charge in [0, 0.05) is 42.5 Å². The fraction of sp³-hybridized carbons (Fsp3) is 0.364. The largest absolute Gasteiger partial charge is 0.486 e. The maximum absolute atomic E-state index is 5.69. The molecule has 0 atom stereocenters. The van der Waals surface area contributed by atoms with Crippen molar-refractivity contribution in [1.82, 2.24) is 10.2 Å². The lowest BCUT2D eigenvalue weighted by atomic mass is 10.1. The van der Waals surface area contributed by atoms with Crippen LogP contribution < -0.4 is 14.8 Å². The molecule has 2 aromatic rings. The van der Waals surface area contributed by atoms with E-state index in [2.05, 4.69) is 59.6 Å². The van der Waals surface area contributed by atoms with E-state index >= 15 is 0 Å². The Bertz CT molecular complexity index is 816. The molecule has 1 N–H and O–H groups in total. The summed E-state index contributed by atoms with van der Waals surface area (Å²) >= 11 is 1.77. The topological polar surface area (TPSA) is 33.7 Å². The first kappa shape index (κ1) is 18.4. The first-order valence-corrected chi connectivity index (χ1v) is 10.4. The van der Waals surface area contributed by atoms with Crippen LogP contribution in [0.4, 0.5) is 0 Å². The third-order valence-electron chi connectivity index (χ3n) is 4.82. The third kappa shape index (κ3) is 4.86. The van der Waals surface area contributed by atoms with Crippen molar-refractivity contribution < 1.29 is 9.47 Å². The number of ether oxygens (including phenoxy) is 2. The SMILES string of the molecule is Cc1cc(/C=C/CN2CCNCC2)ccc1Sc1ccc2c(c1)OCCO2. The van der Waals surface area contributed by atoms with Crippen LogP contribution in [0.15, 0.2) is 52.3 Å². The van der Waals surface area contributed by atoms with E-state index in [-0.39, 0.29) is 0 Å². The van der Waals surface area contributed by atoms with Crippen LogP contribution in [-0.4, -0.2) is 50.8 Å². The molecule has 4 nitrogen and oxygen atoms in total. The monoisotopic (exact) mass is 382 g/mol. The highest BCUT2D eigenvalue weighted by Crippen LogP contribution is 2.37. The molecule has 0 unspecified atom stereocenters. The number of rotatable bonds is 5. The standard InChI is InChI=1S/C22H26N2O2S/c1-17-15-18(3-2-10-24-11-8-23-9-12-24)4-7-22(17)27-19-5-6-20-21(16-19)26-14-13-25-20/h2-7,15-16,23H,8-14H2,1H3/b3-2+. The molecule has 2 aliphatic heterocycles. The van der Waals surface area contributed by atoms with Crippen LogP contribution in [0.2, 0.25) is 0 Å². The highest BCUT2D eigenvalue weighted by Gasteiger charge is 2.12. The van der Waals surface area contributed by atoms with E-state index in [0.717, 1.165) is 44.2 Å². The van der Waals surface area contributed by atoms with E-state index in [9.17, 15) is 0 Å². The molecule has 5 heteroatoms. The summed E-state index contributed by atoms with van der Waals surface area (Å²) in [5.41, 5.74) is 2.55. The summed E-state index contributed by atoms with van der Waals surface area (Å²) in [6.07, 6.45) is 4.50. The summed E-state index contributed by atoms with van der Waals surface area (Å²) < 4.78 is 11.3. The van der Waals surface area contributed by atoms with Gasteiger partial charge < -0.3 is 14.8 Å². The predicted octanol–water partition coefficient (Wildman–Crippen LogP) is 3.84. The number of nitrogens with zero attached hydrogens (tertiary/aromatic N) is 1. The highest BCUT2D eigenvalue weighted by atomic mass is 32.2. The van der Waals surface area contributed by atoms with Gasteiger partial charge in [-0.3, -0.25) is 4.90 Å². The molecule has 2 aliphatic rings. The van der Waals surface area contributed by atoms with Gasteiger partial charge in [0.1, 0.15) is 13.2 Å². The van der Waals surface area contributed by atoms with Gasteiger partial charge in [0.25, 0.3) is 0 Å². The quantitative estimate of drug-likeness (QED) is 0.850. The Morgan fingerprint density at radius 1 is 1.04 bits per heavy atom. The molecule has 0 radical (unpaired) electrons. The molecule has 0 saturated carbocycles. The van der Waals surface area contributed by atoms with Gasteiger partial charge in [-0.15, -0.1) is 0 Å². The number of hydrogen-bond donors (Lipinski definition) is 1. The van der Waals surface area contributed by atoms with Crippen LogP contribution in [0.25, 0.3) is 6.08 Å². The number of hydrogen-bond acceptors (Lipinski definition) is 5. The second-order valence-electron chi connectivity index (χ2n) is 6.89. The number of fused-ring (bicyclic) bond motifs is 1. The van der Waals surface area contributed by atoms with Gasteiger partial charge in [0.15, 0.2) is 11.5 Å². The molecule has 1 fully saturated rings. The van der Waals surface area contributed by atoms with Crippen LogP contribution in [-0.2, 0) is 0 Å². The Morgan fingerprint density at radius 2 is 1.85 bits per heavy atom. The van der Waals surface area contributed by atoms with Gasteiger partial charge in [0.05, 0.1) is 0 Å². The minimum Gasteiger partial charge on any atom is -0.486 e. The molecular formula is C22H26N2O2S. The van der Waals surface area contributed by atoms with Gasteiger partial charge in [-0.05, 0) is 42.3 Å². The second-order valence-corrected chi connectivity index (χ2v) is 8.00. The zero-order valence-electron chi connectivity index (χ0n) is 15.7. The summed E-state index contributed by atoms with van der Waals surface area (Å²) in [5.74, 6) is 1.68. The van der Waals surface area contributed by atoms with Crippen molar-refractivity contribution in [3.05, 3.63) is 53.6 Å². The molecule has 0 spiro atoms. The summed E-state index contributed by atoms with van der Waals surface area (Å²) in [4.78, 5) is 4.92. The molecule has 27 heavy (non-hydrogen) atoms. The predicted molar refractivity (Wildman–Crippen MR) is 111 cm³/mol. The van der Waals surface area contributed by atoms with Crippen molar-refractivity contribution in [2.24, 2.45) is 0 Å². The molecule has 1 saturated heterocycles. The van der Waals surface area contributed by atoms with E-state index in [4.69, 9.17) is 9.47 Å². The maximum Gasteiger partial charge on any atom is 0.162 e. The maximum atomic E-state index is 5.69. The number of benzene rings is 2. The first-order valence-electron chi connectivity index (χ1n) is 9.56. The lowest BCUT2D eigenvalue weighted by Gasteiger charge is -2.25. The molecule has 0 bridgehead atoms. The molecule has 4 rings (SSSR count). The molecule has 0 amide bonds. The zero-order chi connectivity index (χ0) is 18.5. The van der Waals surface area contributed by atoms with E-state index < -0.39 is 0 Å². The summed E-state index contributed by atoms with van der Waals surface area (Å²) in [6, 6.07) is 12.8. The van der Waals surface area contributed by atoms with Gasteiger partial charge >= 0.3 is 0 Å². The minimum absolute atomic E-state index is 0.620. The van der Waals surface area contributed by atoms with Crippen molar-refractivity contribution >= 4 is 17.8 Å². The van der Waals surface area contributed by atoms with Gasteiger partial charge in [-0.1, -0.05) is 36.0 Å². The fourth-order valence-corrected chi connectivity index (χ4v) is 4.25. The van der Waals surface area contributed by atoms with Gasteiger partial charge in [0.2, 0.25) is 0 Å². The Kier molecular flexibility index (Phi) is 6.02. The van der Waals surface area contributed by atoms with Crippen molar-refractivity contribution in [3.8, 4) is 11.5 Å². The Balaban J connectivity index is 1.39. The summed E-state index contributed by atoms with van der Waals surface area (Å²) in [7, 11) is 0. The van der Waals surface area contributed by atoms with Crippen molar-refractivity contribution in [2.75, 3.05) is 45.9 Å². The number of piperazine rings is 1. The average molecular weight is 383 g/mol. The first-order chi connectivity index (χ1) is 13.3. The Morgan fingerprint density at radius 3 is 2.67 bits per heavy atom. The van der Waals surface area contributed by atoms with E-state index in [0.29, 0.717) is 13.2 Å². The smallest absolute Gasteiger partial charge is 0.162 e. The summed E-state index contributed by atoms with van der Waals surface area (Å²) in [6.45, 7) is 8.90. The van der Waals surface area contributed by atoms with Crippen LogP contribution in [0.1, 0.15) is 11.1 Å². The lowest BCUT2D eigenvalue weighted by molar-refractivity contribution is 0.171. The van der Waals surface area contributed by atoms with Crippen LogP contribution >= 0.6 is 11.8 Å². The normalized spacial score (nSPS) is 17.4. The lowest BCUT2D eigenvalue weighted by Crippen LogP contribution is -2.43. The Hall–Kier alpha value is -1.95. The van der Waals surface area contributed by atoms with Crippen molar-refractivity contribution in [3.63, 3.8) is 0 Å².